The zero-order chi connectivity index (χ0) is 7.84. The van der Waals surface area contributed by atoms with Gasteiger partial charge in [-0.25, -0.2) is 0 Å². The lowest BCUT2D eigenvalue weighted by molar-refractivity contribution is -0.119. The largest absolute Gasteiger partial charge is 0.295 e. The van der Waals surface area contributed by atoms with Crippen LogP contribution in [0.25, 0.3) is 0 Å². The number of fused-ring (bicyclic) bond motifs is 1. The number of carbonyl (C=O) groups is 1. The van der Waals surface area contributed by atoms with E-state index in [1.807, 2.05) is 6.08 Å². The lowest BCUT2D eigenvalue weighted by Gasteiger charge is -2.25. The van der Waals surface area contributed by atoms with Crippen LogP contribution in [0.15, 0.2) is 11.6 Å². The monoisotopic (exact) mass is 150 g/mol. The van der Waals surface area contributed by atoms with Crippen molar-refractivity contribution in [3.05, 3.63) is 11.6 Å². The van der Waals surface area contributed by atoms with Gasteiger partial charge in [0.05, 0.1) is 0 Å². The fraction of sp³-hybridized carbons (Fsp3) is 0.700. The molecule has 1 nitrogen and oxygen atoms in total. The van der Waals surface area contributed by atoms with Gasteiger partial charge in [0, 0.05) is 5.92 Å². The summed E-state index contributed by atoms with van der Waals surface area (Å²) in [4.78, 5) is 11.3. The number of allylic oxidation sites excluding steroid dienone is 2. The van der Waals surface area contributed by atoms with E-state index in [0.717, 1.165) is 6.42 Å². The van der Waals surface area contributed by atoms with Crippen LogP contribution in [0.1, 0.15) is 32.6 Å². The highest BCUT2D eigenvalue weighted by Crippen LogP contribution is 2.39. The second-order valence-electron chi connectivity index (χ2n) is 3.79. The van der Waals surface area contributed by atoms with Crippen molar-refractivity contribution in [3.8, 4) is 0 Å². The summed E-state index contributed by atoms with van der Waals surface area (Å²) in [6.07, 6.45) is 6.82. The van der Waals surface area contributed by atoms with Gasteiger partial charge in [0.25, 0.3) is 0 Å². The molecular weight excluding hydrogens is 136 g/mol. The van der Waals surface area contributed by atoms with E-state index in [1.165, 1.54) is 24.8 Å². The van der Waals surface area contributed by atoms with E-state index < -0.39 is 0 Å². The molecule has 2 aliphatic carbocycles. The van der Waals surface area contributed by atoms with Crippen LogP contribution < -0.4 is 0 Å². The Kier molecular flexibility index (Phi) is 1.59. The second kappa shape index (κ2) is 2.47. The maximum absolute atomic E-state index is 11.3. The fourth-order valence-corrected chi connectivity index (χ4v) is 2.45. The van der Waals surface area contributed by atoms with E-state index in [9.17, 15) is 4.79 Å². The fourth-order valence-electron chi connectivity index (χ4n) is 2.45. The van der Waals surface area contributed by atoms with Crippen molar-refractivity contribution in [2.45, 2.75) is 32.6 Å². The van der Waals surface area contributed by atoms with Crippen LogP contribution in [0.5, 0.6) is 0 Å². The number of hydrogen-bond acceptors (Lipinski definition) is 1. The molecule has 0 bridgehead atoms. The van der Waals surface area contributed by atoms with Crippen molar-refractivity contribution in [2.24, 2.45) is 11.8 Å². The Morgan fingerprint density at radius 3 is 2.55 bits per heavy atom. The summed E-state index contributed by atoms with van der Waals surface area (Å²) in [6, 6.07) is 0. The van der Waals surface area contributed by atoms with Gasteiger partial charge in [0.15, 0.2) is 5.78 Å². The number of rotatable bonds is 0. The SMILES string of the molecule is CC1=CC(=O)C2CCCCC12. The van der Waals surface area contributed by atoms with E-state index in [-0.39, 0.29) is 0 Å². The van der Waals surface area contributed by atoms with Gasteiger partial charge < -0.3 is 0 Å². The van der Waals surface area contributed by atoms with Crippen LogP contribution in [-0.4, -0.2) is 5.78 Å². The van der Waals surface area contributed by atoms with Gasteiger partial charge in [0.1, 0.15) is 0 Å². The molecule has 0 aromatic rings. The molecule has 2 atom stereocenters. The zero-order valence-electron chi connectivity index (χ0n) is 6.97. The highest BCUT2D eigenvalue weighted by molar-refractivity contribution is 5.95. The number of ketones is 1. The number of carbonyl (C=O) groups excluding carboxylic acids is 1. The van der Waals surface area contributed by atoms with Crippen LogP contribution in [-0.2, 0) is 4.79 Å². The lowest BCUT2D eigenvalue weighted by atomic mass is 9.79. The Bertz CT molecular complexity index is 215. The summed E-state index contributed by atoms with van der Waals surface area (Å²) in [6.45, 7) is 2.11. The molecule has 1 saturated carbocycles. The first-order valence-corrected chi connectivity index (χ1v) is 4.51. The van der Waals surface area contributed by atoms with E-state index in [2.05, 4.69) is 6.92 Å². The Labute approximate surface area is 67.5 Å². The smallest absolute Gasteiger partial charge is 0.159 e. The molecule has 2 aliphatic rings. The lowest BCUT2D eigenvalue weighted by Crippen LogP contribution is -2.20. The molecule has 0 N–H and O–H groups in total. The van der Waals surface area contributed by atoms with Crippen molar-refractivity contribution in [1.29, 1.82) is 0 Å². The molecule has 1 heteroatoms. The van der Waals surface area contributed by atoms with Crippen LogP contribution in [0.3, 0.4) is 0 Å². The normalized spacial score (nSPS) is 36.8. The molecule has 0 aromatic carbocycles. The summed E-state index contributed by atoms with van der Waals surface area (Å²) < 4.78 is 0. The quantitative estimate of drug-likeness (QED) is 0.518. The first-order valence-electron chi connectivity index (χ1n) is 4.51. The summed E-state index contributed by atoms with van der Waals surface area (Å²) in [5, 5.41) is 0. The van der Waals surface area contributed by atoms with Gasteiger partial charge >= 0.3 is 0 Å². The molecule has 60 valence electrons. The van der Waals surface area contributed by atoms with Crippen molar-refractivity contribution < 1.29 is 4.79 Å². The summed E-state index contributed by atoms with van der Waals surface area (Å²) in [5.41, 5.74) is 1.33. The van der Waals surface area contributed by atoms with Gasteiger partial charge in [-0.3, -0.25) is 4.79 Å². The van der Waals surface area contributed by atoms with Crippen LogP contribution in [0.2, 0.25) is 0 Å². The first-order chi connectivity index (χ1) is 5.29. The standard InChI is InChI=1S/C10H14O/c1-7-6-10(11)9-5-3-2-4-8(7)9/h6,8-9H,2-5H2,1H3. The average molecular weight is 150 g/mol. The summed E-state index contributed by atoms with van der Waals surface area (Å²) in [5.74, 6) is 1.40. The van der Waals surface area contributed by atoms with Gasteiger partial charge in [-0.05, 0) is 31.8 Å². The van der Waals surface area contributed by atoms with E-state index in [0.29, 0.717) is 17.6 Å². The molecule has 0 saturated heterocycles. The third kappa shape index (κ3) is 1.03. The maximum Gasteiger partial charge on any atom is 0.159 e. The van der Waals surface area contributed by atoms with Gasteiger partial charge in [-0.15, -0.1) is 0 Å². The molecule has 0 amide bonds. The van der Waals surface area contributed by atoms with Gasteiger partial charge in [0.2, 0.25) is 0 Å². The van der Waals surface area contributed by atoms with E-state index in [4.69, 9.17) is 0 Å². The third-order valence-electron chi connectivity index (χ3n) is 3.09. The van der Waals surface area contributed by atoms with Crippen LogP contribution >= 0.6 is 0 Å². The molecule has 0 aromatic heterocycles. The molecule has 0 spiro atoms. The molecule has 0 heterocycles. The highest BCUT2D eigenvalue weighted by atomic mass is 16.1. The third-order valence-corrected chi connectivity index (χ3v) is 3.09. The van der Waals surface area contributed by atoms with Gasteiger partial charge in [-0.1, -0.05) is 18.4 Å². The van der Waals surface area contributed by atoms with Crippen molar-refractivity contribution in [1.82, 2.24) is 0 Å². The molecule has 1 fully saturated rings. The Balaban J connectivity index is 2.21. The minimum atomic E-state index is 0.378. The Morgan fingerprint density at radius 2 is 1.91 bits per heavy atom. The predicted molar refractivity (Wildman–Crippen MR) is 44.2 cm³/mol. The average Bonchev–Trinajstić information content (AvgIpc) is 2.30. The Hall–Kier alpha value is -0.590. The minimum Gasteiger partial charge on any atom is -0.295 e. The van der Waals surface area contributed by atoms with Crippen molar-refractivity contribution in [3.63, 3.8) is 0 Å². The minimum absolute atomic E-state index is 0.378. The van der Waals surface area contributed by atoms with E-state index in [1.54, 1.807) is 0 Å². The van der Waals surface area contributed by atoms with Gasteiger partial charge in [-0.2, -0.15) is 0 Å². The van der Waals surface area contributed by atoms with Crippen molar-refractivity contribution in [2.75, 3.05) is 0 Å². The zero-order valence-corrected chi connectivity index (χ0v) is 6.97. The predicted octanol–water partition coefficient (Wildman–Crippen LogP) is 2.32. The molecule has 0 radical (unpaired) electrons. The molecule has 2 unspecified atom stereocenters. The Morgan fingerprint density at radius 1 is 1.27 bits per heavy atom. The summed E-state index contributed by atoms with van der Waals surface area (Å²) >= 11 is 0. The van der Waals surface area contributed by atoms with E-state index >= 15 is 0 Å². The molecule has 2 rings (SSSR count). The highest BCUT2D eigenvalue weighted by Gasteiger charge is 2.35. The summed E-state index contributed by atoms with van der Waals surface area (Å²) in [7, 11) is 0. The van der Waals surface area contributed by atoms with Crippen molar-refractivity contribution >= 4 is 5.78 Å². The molecular formula is C10H14O. The second-order valence-corrected chi connectivity index (χ2v) is 3.79. The molecule has 0 aliphatic heterocycles. The topological polar surface area (TPSA) is 17.1 Å². The van der Waals surface area contributed by atoms with Crippen LogP contribution in [0, 0.1) is 11.8 Å². The number of hydrogen-bond donors (Lipinski definition) is 0. The first kappa shape index (κ1) is 7.08. The van der Waals surface area contributed by atoms with Crippen LogP contribution in [0.4, 0.5) is 0 Å². The molecule has 11 heavy (non-hydrogen) atoms. The maximum atomic E-state index is 11.3.